The lowest BCUT2D eigenvalue weighted by Gasteiger charge is -2.02. The van der Waals surface area contributed by atoms with Crippen molar-refractivity contribution in [3.63, 3.8) is 0 Å². The van der Waals surface area contributed by atoms with E-state index in [1.807, 2.05) is 0 Å². The first kappa shape index (κ1) is 7.51. The van der Waals surface area contributed by atoms with E-state index in [0.717, 1.165) is 12.8 Å². The van der Waals surface area contributed by atoms with Crippen LogP contribution in [0.2, 0.25) is 0 Å². The maximum absolute atomic E-state index is 9.14. The fourth-order valence-corrected chi connectivity index (χ4v) is 1.95. The standard InChI is InChI=1S/C6H11BrO2/c7-5-1-4(3-8)2-6(5)9/h4-6,8-9H,1-3H2/t4-,5-,6-/m1/s1. The van der Waals surface area contributed by atoms with E-state index in [-0.39, 0.29) is 17.5 Å². The summed E-state index contributed by atoms with van der Waals surface area (Å²) in [6, 6.07) is 0. The number of alkyl halides is 1. The minimum Gasteiger partial charge on any atom is -0.396 e. The molecule has 0 spiro atoms. The fraction of sp³-hybridized carbons (Fsp3) is 1.00. The van der Waals surface area contributed by atoms with Crippen molar-refractivity contribution in [1.29, 1.82) is 0 Å². The highest BCUT2D eigenvalue weighted by Crippen LogP contribution is 2.30. The minimum absolute atomic E-state index is 0.203. The highest BCUT2D eigenvalue weighted by molar-refractivity contribution is 9.09. The molecule has 54 valence electrons. The molecule has 1 saturated carbocycles. The van der Waals surface area contributed by atoms with E-state index in [0.29, 0.717) is 5.92 Å². The maximum atomic E-state index is 9.14. The van der Waals surface area contributed by atoms with Gasteiger partial charge < -0.3 is 10.2 Å². The van der Waals surface area contributed by atoms with Crippen molar-refractivity contribution in [2.24, 2.45) is 5.92 Å². The van der Waals surface area contributed by atoms with Gasteiger partial charge in [0.05, 0.1) is 6.10 Å². The second kappa shape index (κ2) is 2.99. The van der Waals surface area contributed by atoms with Crippen LogP contribution in [0.1, 0.15) is 12.8 Å². The van der Waals surface area contributed by atoms with Crippen LogP contribution in [0.15, 0.2) is 0 Å². The van der Waals surface area contributed by atoms with Gasteiger partial charge in [-0.15, -0.1) is 0 Å². The summed E-state index contributed by atoms with van der Waals surface area (Å²) in [5, 5.41) is 17.8. The summed E-state index contributed by atoms with van der Waals surface area (Å²) in [5.41, 5.74) is 0. The Morgan fingerprint density at radius 1 is 1.44 bits per heavy atom. The number of aliphatic hydroxyl groups excluding tert-OH is 2. The normalized spacial score (nSPS) is 43.7. The second-order valence-electron chi connectivity index (χ2n) is 2.60. The predicted octanol–water partition coefficient (Wildman–Crippen LogP) is 0.513. The SMILES string of the molecule is OC[C@H]1C[C@@H](O)[C@H](Br)C1. The first-order valence-corrected chi connectivity index (χ1v) is 4.08. The number of halogens is 1. The number of hydrogen-bond acceptors (Lipinski definition) is 2. The van der Waals surface area contributed by atoms with Crippen molar-refractivity contribution >= 4 is 15.9 Å². The Hall–Kier alpha value is 0.400. The largest absolute Gasteiger partial charge is 0.396 e. The maximum Gasteiger partial charge on any atom is 0.0668 e. The van der Waals surface area contributed by atoms with Crippen LogP contribution in [0.4, 0.5) is 0 Å². The Kier molecular flexibility index (Phi) is 2.50. The van der Waals surface area contributed by atoms with Gasteiger partial charge in [-0.25, -0.2) is 0 Å². The van der Waals surface area contributed by atoms with Gasteiger partial charge in [0.25, 0.3) is 0 Å². The van der Waals surface area contributed by atoms with Crippen LogP contribution in [0.5, 0.6) is 0 Å². The molecule has 0 aromatic heterocycles. The molecule has 0 heterocycles. The predicted molar refractivity (Wildman–Crippen MR) is 38.5 cm³/mol. The second-order valence-corrected chi connectivity index (χ2v) is 3.78. The zero-order chi connectivity index (χ0) is 6.85. The van der Waals surface area contributed by atoms with Crippen LogP contribution < -0.4 is 0 Å². The van der Waals surface area contributed by atoms with E-state index < -0.39 is 0 Å². The van der Waals surface area contributed by atoms with E-state index in [9.17, 15) is 0 Å². The van der Waals surface area contributed by atoms with Crippen LogP contribution in [0, 0.1) is 5.92 Å². The molecule has 3 heteroatoms. The molecule has 0 saturated heterocycles. The fourth-order valence-electron chi connectivity index (χ4n) is 1.21. The van der Waals surface area contributed by atoms with Gasteiger partial charge in [0.15, 0.2) is 0 Å². The van der Waals surface area contributed by atoms with Crippen molar-refractivity contribution in [2.75, 3.05) is 6.61 Å². The monoisotopic (exact) mass is 194 g/mol. The lowest BCUT2D eigenvalue weighted by Crippen LogP contribution is -2.10. The summed E-state index contributed by atoms with van der Waals surface area (Å²) < 4.78 is 0. The van der Waals surface area contributed by atoms with Gasteiger partial charge in [0.2, 0.25) is 0 Å². The van der Waals surface area contributed by atoms with Crippen LogP contribution in [0.25, 0.3) is 0 Å². The van der Waals surface area contributed by atoms with Gasteiger partial charge in [-0.2, -0.15) is 0 Å². The smallest absolute Gasteiger partial charge is 0.0668 e. The molecule has 3 atom stereocenters. The molecule has 0 aliphatic heterocycles. The van der Waals surface area contributed by atoms with Crippen LogP contribution in [0.3, 0.4) is 0 Å². The van der Waals surface area contributed by atoms with Crippen molar-refractivity contribution in [2.45, 2.75) is 23.8 Å². The lowest BCUT2D eigenvalue weighted by atomic mass is 10.1. The van der Waals surface area contributed by atoms with E-state index in [4.69, 9.17) is 10.2 Å². The van der Waals surface area contributed by atoms with Gasteiger partial charge >= 0.3 is 0 Å². The highest BCUT2D eigenvalue weighted by Gasteiger charge is 2.30. The van der Waals surface area contributed by atoms with E-state index in [1.165, 1.54) is 0 Å². The quantitative estimate of drug-likeness (QED) is 0.598. The first-order chi connectivity index (χ1) is 4.24. The van der Waals surface area contributed by atoms with E-state index in [2.05, 4.69) is 15.9 Å². The number of aliphatic hydroxyl groups is 2. The topological polar surface area (TPSA) is 40.5 Å². The molecule has 9 heavy (non-hydrogen) atoms. The van der Waals surface area contributed by atoms with Gasteiger partial charge in [-0.05, 0) is 18.8 Å². The molecule has 0 bridgehead atoms. The summed E-state index contributed by atoms with van der Waals surface area (Å²) in [6.07, 6.45) is 1.39. The van der Waals surface area contributed by atoms with Crippen molar-refractivity contribution in [3.05, 3.63) is 0 Å². The van der Waals surface area contributed by atoms with Crippen LogP contribution in [-0.4, -0.2) is 27.8 Å². The number of hydrogen-bond donors (Lipinski definition) is 2. The van der Waals surface area contributed by atoms with Crippen molar-refractivity contribution < 1.29 is 10.2 Å². The molecule has 2 N–H and O–H groups in total. The van der Waals surface area contributed by atoms with Crippen LogP contribution in [-0.2, 0) is 0 Å². The molecule has 0 unspecified atom stereocenters. The minimum atomic E-state index is -0.248. The Morgan fingerprint density at radius 2 is 2.11 bits per heavy atom. The molecule has 0 amide bonds. The Bertz CT molecular complexity index is 87.1. The van der Waals surface area contributed by atoms with Crippen molar-refractivity contribution in [3.8, 4) is 0 Å². The third-order valence-corrected chi connectivity index (χ3v) is 2.79. The van der Waals surface area contributed by atoms with Crippen LogP contribution >= 0.6 is 15.9 Å². The van der Waals surface area contributed by atoms with Gasteiger partial charge in [0.1, 0.15) is 0 Å². The zero-order valence-corrected chi connectivity index (χ0v) is 6.71. The summed E-state index contributed by atoms with van der Waals surface area (Å²) in [7, 11) is 0. The van der Waals surface area contributed by atoms with Gasteiger partial charge in [0, 0.05) is 11.4 Å². The van der Waals surface area contributed by atoms with E-state index in [1.54, 1.807) is 0 Å². The summed E-state index contributed by atoms with van der Waals surface area (Å²) in [6.45, 7) is 0.208. The average molecular weight is 195 g/mol. The average Bonchev–Trinajstić information content (AvgIpc) is 2.13. The summed E-state index contributed by atoms with van der Waals surface area (Å²) >= 11 is 3.32. The summed E-state index contributed by atoms with van der Waals surface area (Å²) in [5.74, 6) is 0.310. The molecule has 0 aromatic rings. The van der Waals surface area contributed by atoms with Crippen molar-refractivity contribution in [1.82, 2.24) is 0 Å². The highest BCUT2D eigenvalue weighted by atomic mass is 79.9. The molecule has 2 nitrogen and oxygen atoms in total. The lowest BCUT2D eigenvalue weighted by molar-refractivity contribution is 0.167. The third kappa shape index (κ3) is 1.66. The summed E-state index contributed by atoms with van der Waals surface area (Å²) in [4.78, 5) is 0.203. The molecule has 1 aliphatic carbocycles. The number of rotatable bonds is 1. The van der Waals surface area contributed by atoms with E-state index >= 15 is 0 Å². The molecule has 1 rings (SSSR count). The Labute approximate surface area is 63.0 Å². The Morgan fingerprint density at radius 3 is 2.33 bits per heavy atom. The molecular weight excluding hydrogens is 184 g/mol. The molecular formula is C6H11BrO2. The molecule has 0 aromatic carbocycles. The Balaban J connectivity index is 2.35. The molecule has 1 fully saturated rings. The van der Waals surface area contributed by atoms with Gasteiger partial charge in [-0.3, -0.25) is 0 Å². The zero-order valence-electron chi connectivity index (χ0n) is 5.13. The first-order valence-electron chi connectivity index (χ1n) is 3.17. The third-order valence-electron chi connectivity index (χ3n) is 1.81. The molecule has 1 aliphatic rings. The molecule has 0 radical (unpaired) electrons. The van der Waals surface area contributed by atoms with Gasteiger partial charge in [-0.1, -0.05) is 15.9 Å².